The van der Waals surface area contributed by atoms with E-state index < -0.39 is 0 Å². The van der Waals surface area contributed by atoms with Crippen LogP contribution in [-0.2, 0) is 10.8 Å². The number of fused-ring (bicyclic) bond motifs is 2. The zero-order valence-electron chi connectivity index (χ0n) is 16.3. The first-order chi connectivity index (χ1) is 12.2. The van der Waals surface area contributed by atoms with Crippen LogP contribution in [0.1, 0.15) is 52.8 Å². The first-order valence-electron chi connectivity index (χ1n) is 8.76. The highest BCUT2D eigenvalue weighted by Crippen LogP contribution is 2.24. The summed E-state index contributed by atoms with van der Waals surface area (Å²) in [5, 5.41) is 8.41. The Balaban J connectivity index is 0.000000151. The molecule has 0 radical (unpaired) electrons. The van der Waals surface area contributed by atoms with Gasteiger partial charge in [-0.25, -0.2) is 19.0 Å². The van der Waals surface area contributed by atoms with E-state index in [-0.39, 0.29) is 10.8 Å². The van der Waals surface area contributed by atoms with Crippen molar-refractivity contribution in [3.63, 3.8) is 0 Å². The Morgan fingerprint density at radius 3 is 2.15 bits per heavy atom. The molecule has 0 aliphatic rings. The van der Waals surface area contributed by atoms with Gasteiger partial charge in [-0.3, -0.25) is 0 Å². The van der Waals surface area contributed by atoms with Crippen molar-refractivity contribution in [3.05, 3.63) is 60.4 Å². The van der Waals surface area contributed by atoms with Crippen LogP contribution in [0.3, 0.4) is 0 Å². The summed E-state index contributed by atoms with van der Waals surface area (Å²) < 4.78 is 3.70. The molecule has 136 valence electrons. The van der Waals surface area contributed by atoms with Gasteiger partial charge in [-0.05, 0) is 17.5 Å². The molecule has 0 saturated carbocycles. The van der Waals surface area contributed by atoms with Crippen LogP contribution < -0.4 is 0 Å². The average molecular weight is 350 g/mol. The minimum atomic E-state index is 0.104. The summed E-state index contributed by atoms with van der Waals surface area (Å²) in [7, 11) is 0. The molecule has 0 saturated heterocycles. The van der Waals surface area contributed by atoms with E-state index in [1.54, 1.807) is 16.9 Å². The number of nitrogens with zero attached hydrogens (tertiary/aromatic N) is 6. The standard InChI is InChI=1S/2C10H13N3/c1-10(2,3)8-4-6-11-9-5-7-12-13(8)9;1-10(2,3)8-4-5-12-13-7-6-11-9(8)13/h2*4-7H,1-3H3. The molecule has 0 bridgehead atoms. The first kappa shape index (κ1) is 18.0. The zero-order valence-corrected chi connectivity index (χ0v) is 16.3. The normalized spacial score (nSPS) is 12.2. The third-order valence-corrected chi connectivity index (χ3v) is 4.16. The van der Waals surface area contributed by atoms with Crippen LogP contribution >= 0.6 is 0 Å². The molecule has 0 aliphatic carbocycles. The largest absolute Gasteiger partial charge is 0.237 e. The molecular weight excluding hydrogens is 324 g/mol. The van der Waals surface area contributed by atoms with E-state index in [1.165, 1.54) is 11.3 Å². The quantitative estimate of drug-likeness (QED) is 0.480. The highest BCUT2D eigenvalue weighted by molar-refractivity contribution is 5.49. The van der Waals surface area contributed by atoms with Crippen molar-refractivity contribution in [1.82, 2.24) is 29.2 Å². The Morgan fingerprint density at radius 2 is 1.46 bits per heavy atom. The average Bonchev–Trinajstić information content (AvgIpc) is 3.21. The van der Waals surface area contributed by atoms with Gasteiger partial charge >= 0.3 is 0 Å². The van der Waals surface area contributed by atoms with Gasteiger partial charge in [-0.1, -0.05) is 41.5 Å². The molecule has 4 aromatic rings. The second kappa shape index (κ2) is 6.52. The lowest BCUT2D eigenvalue weighted by Gasteiger charge is -2.19. The SMILES string of the molecule is CC(C)(C)c1ccnc2ccnn12.CC(C)(C)c1ccnn2ccnc12. The minimum Gasteiger partial charge on any atom is -0.237 e. The van der Waals surface area contributed by atoms with Crippen LogP contribution in [-0.4, -0.2) is 29.2 Å². The van der Waals surface area contributed by atoms with E-state index in [9.17, 15) is 0 Å². The molecule has 6 heteroatoms. The van der Waals surface area contributed by atoms with Crippen molar-refractivity contribution >= 4 is 11.3 Å². The van der Waals surface area contributed by atoms with E-state index in [1.807, 2.05) is 41.3 Å². The summed E-state index contributed by atoms with van der Waals surface area (Å²) in [4.78, 5) is 8.50. The van der Waals surface area contributed by atoms with Crippen LogP contribution in [0, 0.1) is 0 Å². The summed E-state index contributed by atoms with van der Waals surface area (Å²) in [5.74, 6) is 0. The molecule has 0 atom stereocenters. The molecule has 6 nitrogen and oxygen atoms in total. The van der Waals surface area contributed by atoms with Gasteiger partial charge in [0, 0.05) is 41.8 Å². The number of imidazole rings is 1. The number of aromatic nitrogens is 6. The van der Waals surface area contributed by atoms with Crippen molar-refractivity contribution in [2.24, 2.45) is 0 Å². The van der Waals surface area contributed by atoms with E-state index in [0.717, 1.165) is 11.3 Å². The Hall–Kier alpha value is -2.76. The Morgan fingerprint density at radius 1 is 0.731 bits per heavy atom. The van der Waals surface area contributed by atoms with Gasteiger partial charge in [-0.15, -0.1) is 0 Å². The smallest absolute Gasteiger partial charge is 0.157 e. The Bertz CT molecular complexity index is 930. The first-order valence-corrected chi connectivity index (χ1v) is 8.76. The summed E-state index contributed by atoms with van der Waals surface area (Å²) in [6.07, 6.45) is 9.06. The molecule has 0 unspecified atom stereocenters. The van der Waals surface area contributed by atoms with Crippen molar-refractivity contribution in [2.75, 3.05) is 0 Å². The molecule has 4 aromatic heterocycles. The summed E-state index contributed by atoms with van der Waals surface area (Å²) in [6.45, 7) is 13.0. The van der Waals surface area contributed by atoms with Crippen molar-refractivity contribution in [2.45, 2.75) is 52.4 Å². The van der Waals surface area contributed by atoms with Crippen molar-refractivity contribution in [3.8, 4) is 0 Å². The third-order valence-electron chi connectivity index (χ3n) is 4.16. The molecule has 0 aromatic carbocycles. The van der Waals surface area contributed by atoms with Crippen molar-refractivity contribution < 1.29 is 0 Å². The number of hydrogen-bond donors (Lipinski definition) is 0. The number of rotatable bonds is 0. The molecule has 26 heavy (non-hydrogen) atoms. The van der Waals surface area contributed by atoms with E-state index >= 15 is 0 Å². The van der Waals surface area contributed by atoms with E-state index in [4.69, 9.17) is 0 Å². The highest BCUT2D eigenvalue weighted by atomic mass is 15.3. The molecule has 0 aliphatic heterocycles. The van der Waals surface area contributed by atoms with Gasteiger partial charge in [0.05, 0.1) is 11.9 Å². The van der Waals surface area contributed by atoms with Crippen LogP contribution in [0.25, 0.3) is 11.3 Å². The maximum atomic E-state index is 4.29. The van der Waals surface area contributed by atoms with Gasteiger partial charge in [0.1, 0.15) is 0 Å². The fraction of sp³-hybridized carbons (Fsp3) is 0.400. The van der Waals surface area contributed by atoms with Gasteiger partial charge in [0.15, 0.2) is 11.3 Å². The summed E-state index contributed by atoms with van der Waals surface area (Å²) in [6, 6.07) is 5.96. The van der Waals surface area contributed by atoms with Crippen LogP contribution in [0.5, 0.6) is 0 Å². The van der Waals surface area contributed by atoms with Gasteiger partial charge in [0.25, 0.3) is 0 Å². The van der Waals surface area contributed by atoms with Gasteiger partial charge in [0.2, 0.25) is 0 Å². The van der Waals surface area contributed by atoms with Crippen LogP contribution in [0.4, 0.5) is 0 Å². The summed E-state index contributed by atoms with van der Waals surface area (Å²) in [5.41, 5.74) is 4.50. The second-order valence-electron chi connectivity index (χ2n) is 8.37. The molecular formula is C20H26N6. The fourth-order valence-corrected chi connectivity index (χ4v) is 2.82. The van der Waals surface area contributed by atoms with Crippen LogP contribution in [0.2, 0.25) is 0 Å². The number of hydrogen-bond acceptors (Lipinski definition) is 4. The third kappa shape index (κ3) is 3.59. The zero-order chi connectivity index (χ0) is 18.9. The molecule has 0 amide bonds. The van der Waals surface area contributed by atoms with Gasteiger partial charge < -0.3 is 0 Å². The monoisotopic (exact) mass is 350 g/mol. The predicted molar refractivity (Wildman–Crippen MR) is 103 cm³/mol. The predicted octanol–water partition coefficient (Wildman–Crippen LogP) is 4.05. The Labute approximate surface area is 153 Å². The molecule has 0 spiro atoms. The topological polar surface area (TPSA) is 60.4 Å². The lowest BCUT2D eigenvalue weighted by Crippen LogP contribution is -2.17. The van der Waals surface area contributed by atoms with Gasteiger partial charge in [-0.2, -0.15) is 10.2 Å². The lowest BCUT2D eigenvalue weighted by molar-refractivity contribution is 0.546. The second-order valence-corrected chi connectivity index (χ2v) is 8.37. The molecule has 4 rings (SSSR count). The van der Waals surface area contributed by atoms with E-state index in [0.29, 0.717) is 0 Å². The maximum absolute atomic E-state index is 4.29. The highest BCUT2D eigenvalue weighted by Gasteiger charge is 2.18. The lowest BCUT2D eigenvalue weighted by atomic mass is 9.88. The van der Waals surface area contributed by atoms with Crippen LogP contribution in [0.15, 0.2) is 49.2 Å². The van der Waals surface area contributed by atoms with Crippen molar-refractivity contribution in [1.29, 1.82) is 0 Å². The minimum absolute atomic E-state index is 0.104. The molecule has 4 heterocycles. The summed E-state index contributed by atoms with van der Waals surface area (Å²) >= 11 is 0. The molecule has 0 fully saturated rings. The molecule has 0 N–H and O–H groups in total. The fourth-order valence-electron chi connectivity index (χ4n) is 2.82. The van der Waals surface area contributed by atoms with E-state index in [2.05, 4.69) is 61.7 Å². The Kier molecular flexibility index (Phi) is 4.52. The maximum Gasteiger partial charge on any atom is 0.157 e.